The molecule has 0 spiro atoms. The van der Waals surface area contributed by atoms with E-state index < -0.39 is 4.92 Å². The smallest absolute Gasteiger partial charge is 0.280 e. The number of nitriles is 1. The molecule has 2 rings (SSSR count). The first kappa shape index (κ1) is 12.4. The molecular formula is C11H7BrN2O4. The molecule has 1 aromatic carbocycles. The van der Waals surface area contributed by atoms with Crippen molar-refractivity contribution < 1.29 is 14.4 Å². The minimum absolute atomic E-state index is 0.0448. The van der Waals surface area contributed by atoms with Crippen LogP contribution >= 0.6 is 15.9 Å². The van der Waals surface area contributed by atoms with Gasteiger partial charge in [0.25, 0.3) is 5.69 Å². The second kappa shape index (κ2) is 5.06. The van der Waals surface area contributed by atoms with E-state index >= 15 is 0 Å². The summed E-state index contributed by atoms with van der Waals surface area (Å²) in [5.74, 6) is 0.787. The summed E-state index contributed by atoms with van der Waals surface area (Å²) in [7, 11) is 0. The van der Waals surface area contributed by atoms with Crippen molar-refractivity contribution in [3.8, 4) is 17.6 Å². The zero-order chi connectivity index (χ0) is 13.1. The van der Waals surface area contributed by atoms with Crippen molar-refractivity contribution in [2.24, 2.45) is 0 Å². The third-order valence-corrected chi connectivity index (χ3v) is 2.94. The monoisotopic (exact) mass is 310 g/mol. The molecular weight excluding hydrogens is 304 g/mol. The van der Waals surface area contributed by atoms with E-state index in [0.29, 0.717) is 28.0 Å². The molecule has 0 atom stereocenters. The van der Waals surface area contributed by atoms with E-state index in [0.717, 1.165) is 0 Å². The van der Waals surface area contributed by atoms with E-state index in [1.807, 2.05) is 6.07 Å². The van der Waals surface area contributed by atoms with Crippen LogP contribution in [0.5, 0.6) is 11.5 Å². The Kier molecular flexibility index (Phi) is 3.48. The Hall–Kier alpha value is -2.07. The van der Waals surface area contributed by atoms with Gasteiger partial charge >= 0.3 is 0 Å². The Morgan fingerprint density at radius 2 is 2.22 bits per heavy atom. The van der Waals surface area contributed by atoms with E-state index in [2.05, 4.69) is 15.9 Å². The molecule has 0 unspecified atom stereocenters. The van der Waals surface area contributed by atoms with E-state index in [1.54, 1.807) is 0 Å². The molecule has 92 valence electrons. The van der Waals surface area contributed by atoms with Crippen LogP contribution < -0.4 is 9.47 Å². The SMILES string of the molecule is N#C/C(=C\c1cc2c(cc1[N+](=O)[O-])OCO2)CBr. The average molecular weight is 311 g/mol. The number of nitro benzene ring substituents is 1. The van der Waals surface area contributed by atoms with Crippen LogP contribution in [0.25, 0.3) is 6.08 Å². The van der Waals surface area contributed by atoms with Gasteiger partial charge in [-0.15, -0.1) is 0 Å². The maximum Gasteiger partial charge on any atom is 0.280 e. The molecule has 0 amide bonds. The van der Waals surface area contributed by atoms with Gasteiger partial charge in [0, 0.05) is 10.9 Å². The molecule has 0 bridgehead atoms. The summed E-state index contributed by atoms with van der Waals surface area (Å²) in [5, 5.41) is 20.1. The molecule has 1 aliphatic rings. The Morgan fingerprint density at radius 1 is 1.56 bits per heavy atom. The van der Waals surface area contributed by atoms with Crippen molar-refractivity contribution >= 4 is 27.7 Å². The van der Waals surface area contributed by atoms with Gasteiger partial charge in [0.1, 0.15) is 0 Å². The Balaban J connectivity index is 2.55. The van der Waals surface area contributed by atoms with Crippen LogP contribution in [0.15, 0.2) is 17.7 Å². The summed E-state index contributed by atoms with van der Waals surface area (Å²) >= 11 is 3.14. The Labute approximate surface area is 111 Å². The minimum Gasteiger partial charge on any atom is -0.454 e. The van der Waals surface area contributed by atoms with Crippen molar-refractivity contribution in [3.63, 3.8) is 0 Å². The normalized spacial score (nSPS) is 13.2. The summed E-state index contributed by atoms with van der Waals surface area (Å²) in [6, 6.07) is 4.76. The summed E-state index contributed by atoms with van der Waals surface area (Å²) < 4.78 is 10.2. The summed E-state index contributed by atoms with van der Waals surface area (Å²) in [4.78, 5) is 10.4. The molecule has 7 heteroatoms. The van der Waals surface area contributed by atoms with Gasteiger partial charge in [-0.25, -0.2) is 0 Å². The summed E-state index contributed by atoms with van der Waals surface area (Å²) in [6.45, 7) is 0.0448. The molecule has 1 aromatic rings. The van der Waals surface area contributed by atoms with E-state index in [-0.39, 0.29) is 12.5 Å². The van der Waals surface area contributed by atoms with Gasteiger partial charge in [-0.3, -0.25) is 10.1 Å². The zero-order valence-electron chi connectivity index (χ0n) is 9.05. The molecule has 18 heavy (non-hydrogen) atoms. The summed E-state index contributed by atoms with van der Waals surface area (Å²) in [5.41, 5.74) is 0.588. The van der Waals surface area contributed by atoms with Gasteiger partial charge in [-0.05, 0) is 12.1 Å². The molecule has 0 aromatic heterocycles. The Bertz CT molecular complexity index is 577. The van der Waals surface area contributed by atoms with Crippen LogP contribution in [0.2, 0.25) is 0 Å². The maximum atomic E-state index is 11.0. The van der Waals surface area contributed by atoms with Gasteiger partial charge in [-0.1, -0.05) is 15.9 Å². The van der Waals surface area contributed by atoms with E-state index in [9.17, 15) is 10.1 Å². The number of nitro groups is 1. The van der Waals surface area contributed by atoms with E-state index in [1.165, 1.54) is 18.2 Å². The third kappa shape index (κ3) is 2.28. The molecule has 6 nitrogen and oxygen atoms in total. The number of nitrogens with zero attached hydrogens (tertiary/aromatic N) is 2. The number of allylic oxidation sites excluding steroid dienone is 1. The van der Waals surface area contributed by atoms with Gasteiger partial charge in [0.2, 0.25) is 6.79 Å². The van der Waals surface area contributed by atoms with Gasteiger partial charge < -0.3 is 9.47 Å². The molecule has 0 fully saturated rings. The average Bonchev–Trinajstić information content (AvgIpc) is 2.81. The van der Waals surface area contributed by atoms with Gasteiger partial charge in [-0.2, -0.15) is 5.26 Å². The fourth-order valence-corrected chi connectivity index (χ4v) is 1.80. The molecule has 1 heterocycles. The van der Waals surface area contributed by atoms with Crippen molar-refractivity contribution in [3.05, 3.63) is 33.4 Å². The highest BCUT2D eigenvalue weighted by molar-refractivity contribution is 9.09. The van der Waals surface area contributed by atoms with Crippen LogP contribution in [-0.4, -0.2) is 17.0 Å². The quantitative estimate of drug-likeness (QED) is 0.371. The number of hydrogen-bond donors (Lipinski definition) is 0. The van der Waals surface area contributed by atoms with Crippen LogP contribution in [0.4, 0.5) is 5.69 Å². The third-order valence-electron chi connectivity index (χ3n) is 2.34. The first-order valence-electron chi connectivity index (χ1n) is 4.90. The van der Waals surface area contributed by atoms with E-state index in [4.69, 9.17) is 14.7 Å². The number of halogens is 1. The highest BCUT2D eigenvalue weighted by Gasteiger charge is 2.22. The molecule has 0 N–H and O–H groups in total. The lowest BCUT2D eigenvalue weighted by Gasteiger charge is -2.01. The molecule has 0 radical (unpaired) electrons. The minimum atomic E-state index is -0.517. The van der Waals surface area contributed by atoms with Crippen molar-refractivity contribution in [1.82, 2.24) is 0 Å². The lowest BCUT2D eigenvalue weighted by Crippen LogP contribution is -1.93. The predicted molar refractivity (Wildman–Crippen MR) is 66.6 cm³/mol. The molecule has 0 saturated carbocycles. The topological polar surface area (TPSA) is 85.4 Å². The molecule has 0 saturated heterocycles. The lowest BCUT2D eigenvalue weighted by atomic mass is 10.1. The van der Waals surface area contributed by atoms with Crippen LogP contribution in [-0.2, 0) is 0 Å². The molecule has 0 aliphatic carbocycles. The van der Waals surface area contributed by atoms with Crippen molar-refractivity contribution in [2.75, 3.05) is 12.1 Å². The summed E-state index contributed by atoms with van der Waals surface area (Å²) in [6.07, 6.45) is 1.45. The van der Waals surface area contributed by atoms with Gasteiger partial charge in [0.05, 0.1) is 22.6 Å². The van der Waals surface area contributed by atoms with Gasteiger partial charge in [0.15, 0.2) is 11.5 Å². The van der Waals surface area contributed by atoms with Crippen molar-refractivity contribution in [1.29, 1.82) is 5.26 Å². The number of benzene rings is 1. The maximum absolute atomic E-state index is 11.0. The molecule has 1 aliphatic heterocycles. The number of ether oxygens (including phenoxy) is 2. The van der Waals surface area contributed by atoms with Crippen LogP contribution in [0.1, 0.15) is 5.56 Å². The second-order valence-electron chi connectivity index (χ2n) is 3.44. The zero-order valence-corrected chi connectivity index (χ0v) is 10.6. The number of rotatable bonds is 3. The highest BCUT2D eigenvalue weighted by Crippen LogP contribution is 2.38. The predicted octanol–water partition coefficient (Wildman–Crippen LogP) is 2.63. The largest absolute Gasteiger partial charge is 0.454 e. The first-order valence-corrected chi connectivity index (χ1v) is 6.02. The first-order chi connectivity index (χ1) is 8.65. The van der Waals surface area contributed by atoms with Crippen LogP contribution in [0, 0.1) is 21.4 Å². The standard InChI is InChI=1S/C11H7BrN2O4/c12-4-7(5-13)1-8-2-10-11(18-6-17-10)3-9(8)14(15)16/h1-3H,4,6H2/b7-1-. The fourth-order valence-electron chi connectivity index (χ4n) is 1.51. The fraction of sp³-hybridized carbons (Fsp3) is 0.182. The Morgan fingerprint density at radius 3 is 2.78 bits per heavy atom. The number of alkyl halides is 1. The number of fused-ring (bicyclic) bond motifs is 1. The highest BCUT2D eigenvalue weighted by atomic mass is 79.9. The number of hydrogen-bond acceptors (Lipinski definition) is 5. The second-order valence-corrected chi connectivity index (χ2v) is 4.00. The van der Waals surface area contributed by atoms with Crippen molar-refractivity contribution in [2.45, 2.75) is 0 Å². The lowest BCUT2D eigenvalue weighted by molar-refractivity contribution is -0.385. The van der Waals surface area contributed by atoms with Crippen LogP contribution in [0.3, 0.4) is 0 Å².